The van der Waals surface area contributed by atoms with E-state index in [2.05, 4.69) is 0 Å². The molecule has 0 saturated heterocycles. The fourth-order valence-electron chi connectivity index (χ4n) is 1.62. The molecular formula is C12H14N2O4S. The first-order valence-electron chi connectivity index (χ1n) is 5.41. The summed E-state index contributed by atoms with van der Waals surface area (Å²) in [6, 6.07) is 7.64. The van der Waals surface area contributed by atoms with Gasteiger partial charge in [-0.3, -0.25) is 0 Å². The van der Waals surface area contributed by atoms with Gasteiger partial charge in [-0.1, -0.05) is 18.2 Å². The summed E-state index contributed by atoms with van der Waals surface area (Å²) in [6.45, 7) is 0. The van der Waals surface area contributed by atoms with Gasteiger partial charge in [-0.05, 0) is 30.4 Å². The third kappa shape index (κ3) is 2.34. The summed E-state index contributed by atoms with van der Waals surface area (Å²) in [5.74, 6) is -2.64. The molecule has 102 valence electrons. The normalized spacial score (nSPS) is 20.9. The van der Waals surface area contributed by atoms with Gasteiger partial charge < -0.3 is 21.7 Å². The molecule has 6 N–H and O–H groups in total. The first-order valence-corrected chi connectivity index (χ1v) is 6.90. The molecule has 1 aliphatic carbocycles. The maximum atomic E-state index is 12.3. The van der Waals surface area contributed by atoms with Gasteiger partial charge in [-0.15, -0.1) is 0 Å². The lowest BCUT2D eigenvalue weighted by atomic mass is 9.96. The highest BCUT2D eigenvalue weighted by Gasteiger charge is 2.44. The number of sulfone groups is 1. The van der Waals surface area contributed by atoms with E-state index in [1.54, 1.807) is 18.2 Å². The first kappa shape index (κ1) is 13.9. The van der Waals surface area contributed by atoms with E-state index >= 15 is 0 Å². The van der Waals surface area contributed by atoms with Crippen LogP contribution in [0.4, 0.5) is 0 Å². The second-order valence-electron chi connectivity index (χ2n) is 4.36. The number of nitrogens with two attached hydrogens (primary N) is 2. The molecule has 0 aliphatic heterocycles. The molecule has 0 amide bonds. The number of allylic oxidation sites excluding steroid dienone is 1. The summed E-state index contributed by atoms with van der Waals surface area (Å²) >= 11 is 0. The van der Waals surface area contributed by atoms with E-state index in [-0.39, 0.29) is 9.80 Å². The Hall–Kier alpha value is -1.51. The lowest BCUT2D eigenvalue weighted by Crippen LogP contribution is -2.66. The Morgan fingerprint density at radius 3 is 2.16 bits per heavy atom. The van der Waals surface area contributed by atoms with Crippen molar-refractivity contribution in [1.29, 1.82) is 0 Å². The Labute approximate surface area is 110 Å². The van der Waals surface area contributed by atoms with Crippen molar-refractivity contribution in [3.63, 3.8) is 0 Å². The molecule has 19 heavy (non-hydrogen) atoms. The third-order valence-electron chi connectivity index (χ3n) is 2.87. The summed E-state index contributed by atoms with van der Waals surface area (Å²) in [6.07, 6.45) is 2.94. The second kappa shape index (κ2) is 4.26. The van der Waals surface area contributed by atoms with Crippen LogP contribution in [0.5, 0.6) is 0 Å². The molecule has 0 radical (unpaired) electrons. The zero-order valence-corrected chi connectivity index (χ0v) is 10.7. The third-order valence-corrected chi connectivity index (χ3v) is 4.64. The Balaban J connectivity index is 2.51. The zero-order valence-electron chi connectivity index (χ0n) is 9.89. The molecule has 0 unspecified atom stereocenters. The van der Waals surface area contributed by atoms with E-state index in [1.165, 1.54) is 12.1 Å². The molecule has 2 rings (SSSR count). The van der Waals surface area contributed by atoms with E-state index in [1.807, 2.05) is 0 Å². The number of aliphatic hydroxyl groups is 2. The van der Waals surface area contributed by atoms with Gasteiger partial charge in [-0.2, -0.15) is 0 Å². The van der Waals surface area contributed by atoms with Crippen LogP contribution in [0.2, 0.25) is 0 Å². The Morgan fingerprint density at radius 1 is 1.05 bits per heavy atom. The molecule has 0 heterocycles. The fraction of sp³-hybridized carbons (Fsp3) is 0.167. The summed E-state index contributed by atoms with van der Waals surface area (Å²) in [7, 11) is -3.84. The van der Waals surface area contributed by atoms with Crippen LogP contribution < -0.4 is 11.5 Å². The Bertz CT molecular complexity index is 646. The van der Waals surface area contributed by atoms with Crippen LogP contribution in [0.15, 0.2) is 58.4 Å². The molecule has 1 aliphatic rings. The van der Waals surface area contributed by atoms with Crippen molar-refractivity contribution < 1.29 is 18.6 Å². The van der Waals surface area contributed by atoms with Crippen LogP contribution in [-0.2, 0) is 9.84 Å². The molecule has 0 aromatic heterocycles. The van der Waals surface area contributed by atoms with Crippen molar-refractivity contribution in [2.75, 3.05) is 0 Å². The molecule has 7 heteroatoms. The highest BCUT2D eigenvalue weighted by Crippen LogP contribution is 2.29. The summed E-state index contributed by atoms with van der Waals surface area (Å²) in [5.41, 5.74) is 8.96. The van der Waals surface area contributed by atoms with Crippen LogP contribution in [0.1, 0.15) is 0 Å². The topological polar surface area (TPSA) is 127 Å². The van der Waals surface area contributed by atoms with Crippen LogP contribution in [0.25, 0.3) is 0 Å². The van der Waals surface area contributed by atoms with Gasteiger partial charge in [0.2, 0.25) is 15.6 Å². The van der Waals surface area contributed by atoms with Gasteiger partial charge in [-0.25, -0.2) is 8.42 Å². The van der Waals surface area contributed by atoms with Gasteiger partial charge in [0.25, 0.3) is 0 Å². The monoisotopic (exact) mass is 282 g/mol. The predicted molar refractivity (Wildman–Crippen MR) is 69.1 cm³/mol. The highest BCUT2D eigenvalue weighted by molar-refractivity contribution is 7.95. The van der Waals surface area contributed by atoms with E-state index < -0.39 is 21.3 Å². The van der Waals surface area contributed by atoms with Crippen molar-refractivity contribution >= 4 is 9.84 Å². The molecular weight excluding hydrogens is 268 g/mol. The van der Waals surface area contributed by atoms with E-state index in [0.717, 1.165) is 18.2 Å². The van der Waals surface area contributed by atoms with Crippen molar-refractivity contribution in [1.82, 2.24) is 0 Å². The average Bonchev–Trinajstić information content (AvgIpc) is 2.34. The molecule has 1 aromatic rings. The number of benzene rings is 1. The van der Waals surface area contributed by atoms with Gasteiger partial charge >= 0.3 is 0 Å². The maximum absolute atomic E-state index is 12.3. The van der Waals surface area contributed by atoms with Crippen LogP contribution in [-0.4, -0.2) is 30.1 Å². The van der Waals surface area contributed by atoms with E-state index in [4.69, 9.17) is 11.5 Å². The number of hydrogen-bond donors (Lipinski definition) is 4. The van der Waals surface area contributed by atoms with Crippen molar-refractivity contribution in [2.24, 2.45) is 11.5 Å². The summed E-state index contributed by atoms with van der Waals surface area (Å²) in [5, 5.41) is 19.4. The molecule has 0 atom stereocenters. The standard InChI is InChI=1S/C12H14N2O4S/c13-11(14)7-6-10(8-12(11,15)16)19(17,18)9-4-2-1-3-5-9/h1-8,15-16H,13-14H2. The molecule has 0 spiro atoms. The Morgan fingerprint density at radius 2 is 1.63 bits per heavy atom. The van der Waals surface area contributed by atoms with Crippen molar-refractivity contribution in [2.45, 2.75) is 16.3 Å². The minimum absolute atomic E-state index is 0.0447. The smallest absolute Gasteiger partial charge is 0.220 e. The lowest BCUT2D eigenvalue weighted by Gasteiger charge is -2.35. The quantitative estimate of drug-likeness (QED) is 0.526. The second-order valence-corrected chi connectivity index (χ2v) is 6.31. The molecule has 0 saturated carbocycles. The minimum atomic E-state index is -3.84. The lowest BCUT2D eigenvalue weighted by molar-refractivity contribution is -0.156. The average molecular weight is 282 g/mol. The fourth-order valence-corrected chi connectivity index (χ4v) is 2.97. The van der Waals surface area contributed by atoms with Crippen LogP contribution in [0.3, 0.4) is 0 Å². The number of rotatable bonds is 2. The summed E-state index contributed by atoms with van der Waals surface area (Å²) < 4.78 is 24.5. The molecule has 1 aromatic carbocycles. The van der Waals surface area contributed by atoms with E-state index in [9.17, 15) is 18.6 Å². The van der Waals surface area contributed by atoms with Gasteiger partial charge in [0.1, 0.15) is 5.66 Å². The molecule has 0 bridgehead atoms. The SMILES string of the molecule is NC1(N)C=CC(S(=O)(=O)c2ccccc2)=CC1(O)O. The molecule has 6 nitrogen and oxygen atoms in total. The largest absolute Gasteiger partial charge is 0.360 e. The maximum Gasteiger partial charge on any atom is 0.220 e. The van der Waals surface area contributed by atoms with Crippen molar-refractivity contribution in [3.8, 4) is 0 Å². The van der Waals surface area contributed by atoms with Crippen LogP contribution in [0, 0.1) is 0 Å². The number of hydrogen-bond acceptors (Lipinski definition) is 6. The van der Waals surface area contributed by atoms with Crippen LogP contribution >= 0.6 is 0 Å². The molecule has 0 fully saturated rings. The van der Waals surface area contributed by atoms with Gasteiger partial charge in [0.05, 0.1) is 9.80 Å². The Kier molecular flexibility index (Phi) is 3.12. The predicted octanol–water partition coefficient (Wildman–Crippen LogP) is -0.791. The van der Waals surface area contributed by atoms with Gasteiger partial charge in [0.15, 0.2) is 0 Å². The minimum Gasteiger partial charge on any atom is -0.360 e. The zero-order chi connectivity index (χ0) is 14.3. The first-order chi connectivity index (χ1) is 8.67. The van der Waals surface area contributed by atoms with Gasteiger partial charge in [0, 0.05) is 0 Å². The van der Waals surface area contributed by atoms with E-state index in [0.29, 0.717) is 0 Å². The highest BCUT2D eigenvalue weighted by atomic mass is 32.2. The summed E-state index contributed by atoms with van der Waals surface area (Å²) in [4.78, 5) is -0.224. The van der Waals surface area contributed by atoms with Crippen molar-refractivity contribution in [3.05, 3.63) is 53.5 Å².